The van der Waals surface area contributed by atoms with E-state index in [1.165, 1.54) is 0 Å². The zero-order valence-electron chi connectivity index (χ0n) is 31.0. The average molecular weight is 833 g/mol. The molecule has 12 heteroatoms. The highest BCUT2D eigenvalue weighted by Crippen LogP contribution is 2.45. The molecule has 10 rings (SSSR count). The van der Waals surface area contributed by atoms with Gasteiger partial charge in [-0.25, -0.2) is 15.0 Å². The summed E-state index contributed by atoms with van der Waals surface area (Å²) in [5.41, 5.74) is 9.24. The molecule has 0 aliphatic rings. The second kappa shape index (κ2) is 14.6. The average Bonchev–Trinajstić information content (AvgIpc) is 4.00. The maximum atomic E-state index is 9.78. The molecule has 0 unspecified atom stereocenters. The summed E-state index contributed by atoms with van der Waals surface area (Å²) in [6.07, 6.45) is 0. The van der Waals surface area contributed by atoms with E-state index in [1.54, 1.807) is 36.4 Å². The van der Waals surface area contributed by atoms with Gasteiger partial charge in [-0.05, 0) is 91.0 Å². The van der Waals surface area contributed by atoms with E-state index in [4.69, 9.17) is 49.8 Å². The van der Waals surface area contributed by atoms with Gasteiger partial charge in [-0.15, -0.1) is 0 Å². The van der Waals surface area contributed by atoms with Crippen LogP contribution >= 0.6 is 34.8 Å². The maximum Gasteiger partial charge on any atom is 0.145 e. The van der Waals surface area contributed by atoms with Crippen LogP contribution < -0.4 is 0 Å². The van der Waals surface area contributed by atoms with Crippen molar-refractivity contribution in [1.29, 1.82) is 15.8 Å². The second-order valence-electron chi connectivity index (χ2n) is 13.8. The number of nitriles is 3. The van der Waals surface area contributed by atoms with E-state index < -0.39 is 0 Å². The van der Waals surface area contributed by atoms with Crippen LogP contribution in [0.3, 0.4) is 0 Å². The third-order valence-electron chi connectivity index (χ3n) is 10.4. The zero-order chi connectivity index (χ0) is 41.1. The van der Waals surface area contributed by atoms with E-state index in [2.05, 4.69) is 31.9 Å². The lowest BCUT2D eigenvalue weighted by molar-refractivity contribution is 1.10. The zero-order valence-corrected chi connectivity index (χ0v) is 33.3. The minimum atomic E-state index is 0.291. The first-order valence-corrected chi connectivity index (χ1v) is 19.7. The van der Waals surface area contributed by atoms with Crippen molar-refractivity contribution in [3.8, 4) is 69.4 Å². The highest BCUT2D eigenvalue weighted by Gasteiger charge is 2.31. The standard InChI is InChI=1S/C48H24Cl3N9/c49-37-22-28(16-19-31(37)25-52)46-55-40-43(58(46)34-10-4-1-5-11-34)41-45(60(36-14-8-3-9-15-36)47(56-41)29-17-20-32(26-53)38(50)23-29)42-44(40)59(35-12-6-2-7-13-35)48(57-42)30-18-21-33(27-54)39(51)24-30/h1-24H. The number of aromatic nitrogens is 6. The fourth-order valence-corrected chi connectivity index (χ4v) is 8.38. The first-order valence-electron chi connectivity index (χ1n) is 18.5. The molecule has 0 saturated heterocycles. The van der Waals surface area contributed by atoms with Crippen LogP contribution in [-0.2, 0) is 0 Å². The number of benzene rings is 7. The lowest BCUT2D eigenvalue weighted by Gasteiger charge is -2.12. The van der Waals surface area contributed by atoms with Crippen molar-refractivity contribution >= 4 is 67.9 Å². The van der Waals surface area contributed by atoms with Gasteiger partial charge in [0.25, 0.3) is 0 Å². The Morgan fingerprint density at radius 1 is 0.367 bits per heavy atom. The molecular formula is C48H24Cl3N9. The summed E-state index contributed by atoms with van der Waals surface area (Å²) in [6, 6.07) is 51.9. The number of fused-ring (bicyclic) bond motifs is 6. The van der Waals surface area contributed by atoms with Gasteiger partial charge in [-0.1, -0.05) is 89.4 Å². The normalized spacial score (nSPS) is 11.2. The summed E-state index contributed by atoms with van der Waals surface area (Å²) in [7, 11) is 0. The third kappa shape index (κ3) is 5.79. The molecule has 3 heterocycles. The predicted octanol–water partition coefficient (Wildman–Crippen LogP) is 12.3. The lowest BCUT2D eigenvalue weighted by Crippen LogP contribution is -2.00. The molecular weight excluding hydrogens is 809 g/mol. The van der Waals surface area contributed by atoms with Gasteiger partial charge in [-0.2, -0.15) is 15.8 Å². The summed E-state index contributed by atoms with van der Waals surface area (Å²) < 4.78 is 6.19. The quantitative estimate of drug-likeness (QED) is 0.164. The van der Waals surface area contributed by atoms with Crippen molar-refractivity contribution in [1.82, 2.24) is 28.7 Å². The largest absolute Gasteiger partial charge is 0.290 e. The molecule has 3 aromatic heterocycles. The Hall–Kier alpha value is -7.71. The lowest BCUT2D eigenvalue weighted by atomic mass is 10.1. The molecule has 282 valence electrons. The smallest absolute Gasteiger partial charge is 0.145 e. The summed E-state index contributed by atoms with van der Waals surface area (Å²) in [5.74, 6) is 1.66. The van der Waals surface area contributed by atoms with Crippen LogP contribution in [0.4, 0.5) is 0 Å². The van der Waals surface area contributed by atoms with E-state index in [1.807, 2.05) is 109 Å². The monoisotopic (exact) mass is 831 g/mol. The second-order valence-corrected chi connectivity index (χ2v) is 15.1. The first kappa shape index (κ1) is 36.6. The highest BCUT2D eigenvalue weighted by atomic mass is 35.5. The van der Waals surface area contributed by atoms with E-state index in [0.717, 1.165) is 17.1 Å². The predicted molar refractivity (Wildman–Crippen MR) is 236 cm³/mol. The van der Waals surface area contributed by atoms with E-state index in [9.17, 15) is 15.8 Å². The van der Waals surface area contributed by atoms with Crippen LogP contribution in [0.25, 0.3) is 84.3 Å². The van der Waals surface area contributed by atoms with Gasteiger partial charge in [0.05, 0.1) is 31.8 Å². The fraction of sp³-hybridized carbons (Fsp3) is 0. The van der Waals surface area contributed by atoms with Crippen LogP contribution in [0.2, 0.25) is 15.1 Å². The number of halogens is 3. The minimum absolute atomic E-state index is 0.291. The molecule has 7 aromatic carbocycles. The molecule has 0 saturated carbocycles. The Labute approximate surface area is 357 Å². The van der Waals surface area contributed by atoms with Crippen LogP contribution in [0.1, 0.15) is 16.7 Å². The van der Waals surface area contributed by atoms with E-state index in [0.29, 0.717) is 99.0 Å². The van der Waals surface area contributed by atoms with E-state index in [-0.39, 0.29) is 0 Å². The molecule has 0 radical (unpaired) electrons. The molecule has 0 amide bonds. The van der Waals surface area contributed by atoms with Crippen molar-refractivity contribution < 1.29 is 0 Å². The van der Waals surface area contributed by atoms with Crippen LogP contribution in [-0.4, -0.2) is 28.7 Å². The Morgan fingerprint density at radius 2 is 0.633 bits per heavy atom. The van der Waals surface area contributed by atoms with Gasteiger partial charge in [0.2, 0.25) is 0 Å². The number of rotatable bonds is 6. The van der Waals surface area contributed by atoms with Gasteiger partial charge >= 0.3 is 0 Å². The number of nitrogens with zero attached hydrogens (tertiary/aromatic N) is 9. The Bertz CT molecular complexity index is 3100. The summed E-state index contributed by atoms with van der Waals surface area (Å²) in [5, 5.41) is 30.2. The Morgan fingerprint density at radius 3 is 0.867 bits per heavy atom. The third-order valence-corrected chi connectivity index (χ3v) is 11.3. The molecule has 60 heavy (non-hydrogen) atoms. The Balaban J connectivity index is 1.48. The molecule has 9 nitrogen and oxygen atoms in total. The Kier molecular flexibility index (Phi) is 8.90. The molecule has 0 aliphatic heterocycles. The van der Waals surface area contributed by atoms with Crippen molar-refractivity contribution in [3.63, 3.8) is 0 Å². The molecule has 0 atom stereocenters. The van der Waals surface area contributed by atoms with Crippen molar-refractivity contribution in [2.24, 2.45) is 0 Å². The summed E-state index contributed by atoms with van der Waals surface area (Å²) in [6.45, 7) is 0. The van der Waals surface area contributed by atoms with Crippen LogP contribution in [0.5, 0.6) is 0 Å². The van der Waals surface area contributed by atoms with Gasteiger partial charge < -0.3 is 0 Å². The molecule has 0 fully saturated rings. The van der Waals surface area contributed by atoms with Crippen molar-refractivity contribution in [2.75, 3.05) is 0 Å². The molecule has 0 N–H and O–H groups in total. The van der Waals surface area contributed by atoms with Crippen molar-refractivity contribution in [3.05, 3.63) is 177 Å². The molecule has 0 aliphatic carbocycles. The van der Waals surface area contributed by atoms with Crippen LogP contribution in [0.15, 0.2) is 146 Å². The van der Waals surface area contributed by atoms with Gasteiger partial charge in [-0.3, -0.25) is 13.7 Å². The fourth-order valence-electron chi connectivity index (χ4n) is 7.71. The van der Waals surface area contributed by atoms with Crippen molar-refractivity contribution in [2.45, 2.75) is 0 Å². The topological polar surface area (TPSA) is 125 Å². The van der Waals surface area contributed by atoms with Gasteiger partial charge in [0.15, 0.2) is 0 Å². The van der Waals surface area contributed by atoms with Gasteiger partial charge in [0, 0.05) is 33.8 Å². The minimum Gasteiger partial charge on any atom is -0.290 e. The molecule has 0 bridgehead atoms. The van der Waals surface area contributed by atoms with E-state index >= 15 is 0 Å². The maximum absolute atomic E-state index is 9.78. The molecule has 0 spiro atoms. The van der Waals surface area contributed by atoms with Gasteiger partial charge in [0.1, 0.15) is 68.8 Å². The summed E-state index contributed by atoms with van der Waals surface area (Å²) >= 11 is 20.2. The number of para-hydroxylation sites is 3. The van der Waals surface area contributed by atoms with Crippen LogP contribution in [0, 0.1) is 34.0 Å². The number of imidazole rings is 3. The highest BCUT2D eigenvalue weighted by molar-refractivity contribution is 6.33. The molecule has 10 aromatic rings. The number of hydrogen-bond acceptors (Lipinski definition) is 6. The summed E-state index contributed by atoms with van der Waals surface area (Å²) in [4.78, 5) is 16.4. The number of hydrogen-bond donors (Lipinski definition) is 0. The first-order chi connectivity index (χ1) is 29.4. The SMILES string of the molecule is N#Cc1ccc(-c2nc3c(c4nc(-c5ccc(C#N)c(Cl)c5)n(-c5ccccc5)c4c4nc(-c5ccc(C#N)c(Cl)c5)n(-c5ccccc5)c34)n2-c2ccccc2)cc1Cl.